The Hall–Kier alpha value is -2.34. The highest BCUT2D eigenvalue weighted by Gasteiger charge is 2.09. The number of phenols is 1. The average molecular weight is 291 g/mol. The summed E-state index contributed by atoms with van der Waals surface area (Å²) in [6, 6.07) is 11.8. The highest BCUT2D eigenvalue weighted by atomic mass is 32.2. The summed E-state index contributed by atoms with van der Waals surface area (Å²) in [6.45, 7) is 0. The number of carbonyl (C=O) groups is 1. The van der Waals surface area contributed by atoms with Gasteiger partial charge in [0.05, 0.1) is 4.90 Å². The molecule has 0 radical (unpaired) electrons. The number of anilines is 1. The van der Waals surface area contributed by atoms with Gasteiger partial charge < -0.3 is 10.4 Å². The number of sulfone groups is 1. The molecule has 1 amide bonds. The number of carbonyl (C=O) groups excluding carboxylic acids is 1. The van der Waals surface area contributed by atoms with Crippen LogP contribution in [-0.2, 0) is 9.84 Å². The van der Waals surface area contributed by atoms with Crippen LogP contribution in [0.2, 0.25) is 0 Å². The van der Waals surface area contributed by atoms with Gasteiger partial charge in [-0.25, -0.2) is 8.42 Å². The molecular weight excluding hydrogens is 278 g/mol. The van der Waals surface area contributed by atoms with Crippen molar-refractivity contribution in [3.63, 3.8) is 0 Å². The van der Waals surface area contributed by atoms with Crippen molar-refractivity contribution in [2.45, 2.75) is 4.90 Å². The Labute approximate surface area is 116 Å². The lowest BCUT2D eigenvalue weighted by Crippen LogP contribution is -2.11. The highest BCUT2D eigenvalue weighted by Crippen LogP contribution is 2.16. The number of hydrogen-bond donors (Lipinski definition) is 2. The molecule has 0 saturated carbocycles. The molecule has 0 fully saturated rings. The standard InChI is InChI=1S/C14H13NO4S/c1-20(18,19)13-7-5-11(6-8-13)15-14(17)10-3-2-4-12(16)9-10/h2-9,16H,1H3,(H,15,17). The summed E-state index contributed by atoms with van der Waals surface area (Å²) in [7, 11) is -3.25. The molecule has 0 aliphatic heterocycles. The maximum atomic E-state index is 11.9. The van der Waals surface area contributed by atoms with E-state index in [1.165, 1.54) is 36.4 Å². The zero-order chi connectivity index (χ0) is 14.8. The summed E-state index contributed by atoms with van der Waals surface area (Å²) in [6.07, 6.45) is 1.12. The van der Waals surface area contributed by atoms with Crippen LogP contribution in [0.15, 0.2) is 53.4 Å². The van der Waals surface area contributed by atoms with Gasteiger partial charge in [-0.2, -0.15) is 0 Å². The Bertz CT molecular complexity index is 736. The van der Waals surface area contributed by atoms with Crippen LogP contribution in [0.1, 0.15) is 10.4 Å². The van der Waals surface area contributed by atoms with Crippen molar-refractivity contribution in [3.8, 4) is 5.75 Å². The van der Waals surface area contributed by atoms with Crippen molar-refractivity contribution >= 4 is 21.4 Å². The van der Waals surface area contributed by atoms with E-state index in [1.54, 1.807) is 12.1 Å². The molecule has 0 aromatic heterocycles. The number of aromatic hydroxyl groups is 1. The third-order valence-corrected chi connectivity index (χ3v) is 3.78. The van der Waals surface area contributed by atoms with E-state index in [0.29, 0.717) is 11.3 Å². The summed E-state index contributed by atoms with van der Waals surface area (Å²) < 4.78 is 22.6. The minimum Gasteiger partial charge on any atom is -0.508 e. The van der Waals surface area contributed by atoms with Gasteiger partial charge in [-0.1, -0.05) is 6.07 Å². The van der Waals surface area contributed by atoms with Crippen LogP contribution in [0.4, 0.5) is 5.69 Å². The molecule has 6 heteroatoms. The summed E-state index contributed by atoms with van der Waals surface area (Å²) >= 11 is 0. The summed E-state index contributed by atoms with van der Waals surface area (Å²) in [5.41, 5.74) is 0.794. The second kappa shape index (κ2) is 5.34. The predicted octanol–water partition coefficient (Wildman–Crippen LogP) is 2.05. The van der Waals surface area contributed by atoms with Gasteiger partial charge in [0, 0.05) is 17.5 Å². The van der Waals surface area contributed by atoms with E-state index in [0.717, 1.165) is 6.26 Å². The first kappa shape index (κ1) is 14.1. The Kier molecular flexibility index (Phi) is 3.76. The molecule has 0 saturated heterocycles. The number of benzene rings is 2. The van der Waals surface area contributed by atoms with Crippen molar-refractivity contribution in [2.75, 3.05) is 11.6 Å². The van der Waals surface area contributed by atoms with Crippen molar-refractivity contribution in [2.24, 2.45) is 0 Å². The fourth-order valence-corrected chi connectivity index (χ4v) is 2.27. The van der Waals surface area contributed by atoms with Gasteiger partial charge in [-0.05, 0) is 42.5 Å². The monoisotopic (exact) mass is 291 g/mol. The van der Waals surface area contributed by atoms with E-state index in [-0.39, 0.29) is 16.6 Å². The van der Waals surface area contributed by atoms with Gasteiger partial charge in [0.15, 0.2) is 9.84 Å². The lowest BCUT2D eigenvalue weighted by atomic mass is 10.2. The zero-order valence-electron chi connectivity index (χ0n) is 10.7. The molecule has 2 rings (SSSR count). The Morgan fingerprint density at radius 3 is 2.30 bits per heavy atom. The lowest BCUT2D eigenvalue weighted by Gasteiger charge is -2.06. The van der Waals surface area contributed by atoms with E-state index in [1.807, 2.05) is 0 Å². The Morgan fingerprint density at radius 1 is 1.10 bits per heavy atom. The molecule has 0 unspecified atom stereocenters. The first-order chi connectivity index (χ1) is 9.36. The van der Waals surface area contributed by atoms with E-state index in [9.17, 15) is 18.3 Å². The van der Waals surface area contributed by atoms with Crippen LogP contribution >= 0.6 is 0 Å². The molecule has 0 bridgehead atoms. The maximum absolute atomic E-state index is 11.9. The van der Waals surface area contributed by atoms with Crippen LogP contribution in [-0.4, -0.2) is 25.7 Å². The minimum absolute atomic E-state index is 0.00470. The van der Waals surface area contributed by atoms with E-state index in [2.05, 4.69) is 5.32 Å². The zero-order valence-corrected chi connectivity index (χ0v) is 11.5. The van der Waals surface area contributed by atoms with E-state index >= 15 is 0 Å². The first-order valence-corrected chi connectivity index (χ1v) is 7.66. The van der Waals surface area contributed by atoms with Crippen LogP contribution in [0.5, 0.6) is 5.75 Å². The first-order valence-electron chi connectivity index (χ1n) is 5.77. The topological polar surface area (TPSA) is 83.5 Å². The molecule has 2 aromatic carbocycles. The summed E-state index contributed by atoms with van der Waals surface area (Å²) in [5, 5.41) is 11.9. The molecule has 104 valence electrons. The average Bonchev–Trinajstić information content (AvgIpc) is 2.38. The molecule has 2 aromatic rings. The fourth-order valence-electron chi connectivity index (χ4n) is 1.64. The number of rotatable bonds is 3. The molecule has 0 aliphatic carbocycles. The fraction of sp³-hybridized carbons (Fsp3) is 0.0714. The van der Waals surface area contributed by atoms with Crippen molar-refractivity contribution < 1.29 is 18.3 Å². The van der Waals surface area contributed by atoms with Crippen LogP contribution in [0.25, 0.3) is 0 Å². The van der Waals surface area contributed by atoms with Crippen LogP contribution in [0.3, 0.4) is 0 Å². The molecule has 0 spiro atoms. The quantitative estimate of drug-likeness (QED) is 0.906. The Balaban J connectivity index is 2.16. The second-order valence-electron chi connectivity index (χ2n) is 4.30. The van der Waals surface area contributed by atoms with Crippen molar-refractivity contribution in [3.05, 3.63) is 54.1 Å². The van der Waals surface area contributed by atoms with E-state index in [4.69, 9.17) is 0 Å². The molecule has 5 nitrogen and oxygen atoms in total. The minimum atomic E-state index is -3.25. The second-order valence-corrected chi connectivity index (χ2v) is 6.32. The molecular formula is C14H13NO4S. The number of phenolic OH excluding ortho intramolecular Hbond substituents is 1. The summed E-state index contributed by atoms with van der Waals surface area (Å²) in [5.74, 6) is -0.377. The predicted molar refractivity (Wildman–Crippen MR) is 75.6 cm³/mol. The number of amides is 1. The van der Waals surface area contributed by atoms with Gasteiger partial charge in [-0.15, -0.1) is 0 Å². The van der Waals surface area contributed by atoms with E-state index < -0.39 is 9.84 Å². The van der Waals surface area contributed by atoms with Gasteiger partial charge in [0.1, 0.15) is 5.75 Å². The third-order valence-electron chi connectivity index (χ3n) is 2.65. The Morgan fingerprint density at radius 2 is 1.75 bits per heavy atom. The van der Waals surface area contributed by atoms with Gasteiger partial charge >= 0.3 is 0 Å². The SMILES string of the molecule is CS(=O)(=O)c1ccc(NC(=O)c2cccc(O)c2)cc1. The largest absolute Gasteiger partial charge is 0.508 e. The molecule has 0 atom stereocenters. The van der Waals surface area contributed by atoms with Crippen LogP contribution in [0, 0.1) is 0 Å². The van der Waals surface area contributed by atoms with Crippen LogP contribution < -0.4 is 5.32 Å². The molecule has 20 heavy (non-hydrogen) atoms. The normalized spacial score (nSPS) is 11.1. The smallest absolute Gasteiger partial charge is 0.255 e. The summed E-state index contributed by atoms with van der Waals surface area (Å²) in [4.78, 5) is 12.1. The number of nitrogens with one attached hydrogen (secondary N) is 1. The third kappa shape index (κ3) is 3.36. The maximum Gasteiger partial charge on any atom is 0.255 e. The molecule has 0 heterocycles. The lowest BCUT2D eigenvalue weighted by molar-refractivity contribution is 0.102. The molecule has 2 N–H and O–H groups in total. The van der Waals surface area contributed by atoms with Gasteiger partial charge in [0.2, 0.25) is 0 Å². The van der Waals surface area contributed by atoms with Gasteiger partial charge in [0.25, 0.3) is 5.91 Å². The molecule has 0 aliphatic rings. The van der Waals surface area contributed by atoms with Crippen molar-refractivity contribution in [1.82, 2.24) is 0 Å². The number of hydrogen-bond acceptors (Lipinski definition) is 4. The highest BCUT2D eigenvalue weighted by molar-refractivity contribution is 7.90. The van der Waals surface area contributed by atoms with Crippen molar-refractivity contribution in [1.29, 1.82) is 0 Å². The van der Waals surface area contributed by atoms with Gasteiger partial charge in [-0.3, -0.25) is 4.79 Å².